The van der Waals surface area contributed by atoms with Crippen molar-refractivity contribution in [3.8, 4) is 0 Å². The first-order valence-electron chi connectivity index (χ1n) is 8.80. The van der Waals surface area contributed by atoms with Crippen molar-refractivity contribution in [2.24, 2.45) is 0 Å². The molecule has 138 valence electrons. The lowest BCUT2D eigenvalue weighted by atomic mass is 10.2. The minimum Gasteiger partial charge on any atom is -0.466 e. The third-order valence-electron chi connectivity index (χ3n) is 4.71. The van der Waals surface area contributed by atoms with Gasteiger partial charge in [-0.05, 0) is 22.3 Å². The number of benzene rings is 2. The van der Waals surface area contributed by atoms with Gasteiger partial charge in [0.15, 0.2) is 0 Å². The third kappa shape index (κ3) is 3.81. The SMILES string of the molecule is C=C(C(=O)OC)[C@H](C)O[Si](c1ccccc1)(c1ccccc1)C(C)(C)C. The van der Waals surface area contributed by atoms with E-state index in [1.54, 1.807) is 0 Å². The lowest BCUT2D eigenvalue weighted by molar-refractivity contribution is -0.137. The summed E-state index contributed by atoms with van der Waals surface area (Å²) in [5.74, 6) is -0.435. The molecule has 2 aromatic rings. The highest BCUT2D eigenvalue weighted by Crippen LogP contribution is 2.38. The number of hydrogen-bond acceptors (Lipinski definition) is 3. The fourth-order valence-corrected chi connectivity index (χ4v) is 8.01. The first kappa shape index (κ1) is 20.1. The second kappa shape index (κ2) is 8.02. The molecule has 3 nitrogen and oxygen atoms in total. The van der Waals surface area contributed by atoms with Gasteiger partial charge >= 0.3 is 5.97 Å². The molecule has 1 atom stereocenters. The van der Waals surface area contributed by atoms with Gasteiger partial charge in [0, 0.05) is 0 Å². The van der Waals surface area contributed by atoms with Crippen LogP contribution >= 0.6 is 0 Å². The second-order valence-electron chi connectivity index (χ2n) is 7.44. The van der Waals surface area contributed by atoms with E-state index in [9.17, 15) is 4.79 Å². The van der Waals surface area contributed by atoms with Crippen LogP contribution in [-0.2, 0) is 14.0 Å². The van der Waals surface area contributed by atoms with E-state index in [-0.39, 0.29) is 5.04 Å². The van der Waals surface area contributed by atoms with Crippen LogP contribution in [0.5, 0.6) is 0 Å². The largest absolute Gasteiger partial charge is 0.466 e. The van der Waals surface area contributed by atoms with Crippen molar-refractivity contribution < 1.29 is 14.0 Å². The molecule has 2 rings (SSSR count). The smallest absolute Gasteiger partial charge is 0.335 e. The van der Waals surface area contributed by atoms with Gasteiger partial charge in [-0.25, -0.2) is 4.79 Å². The zero-order chi connectivity index (χ0) is 19.4. The van der Waals surface area contributed by atoms with Gasteiger partial charge in [0.05, 0.1) is 18.8 Å². The molecule has 0 aliphatic heterocycles. The maximum atomic E-state index is 12.0. The molecule has 0 spiro atoms. The Morgan fingerprint density at radius 3 is 1.73 bits per heavy atom. The van der Waals surface area contributed by atoms with Crippen LogP contribution in [0.25, 0.3) is 0 Å². The molecule has 0 fully saturated rings. The summed E-state index contributed by atoms with van der Waals surface area (Å²) >= 11 is 0. The highest BCUT2D eigenvalue weighted by atomic mass is 28.4. The van der Waals surface area contributed by atoms with Crippen molar-refractivity contribution in [2.45, 2.75) is 38.8 Å². The predicted octanol–water partition coefficient (Wildman–Crippen LogP) is 3.68. The Hall–Kier alpha value is -2.17. The minimum absolute atomic E-state index is 0.152. The maximum Gasteiger partial charge on any atom is 0.335 e. The number of methoxy groups -OCH3 is 1. The lowest BCUT2D eigenvalue weighted by Crippen LogP contribution is -2.67. The van der Waals surface area contributed by atoms with Gasteiger partial charge < -0.3 is 9.16 Å². The zero-order valence-electron chi connectivity index (χ0n) is 16.3. The molecule has 0 saturated carbocycles. The highest BCUT2D eigenvalue weighted by molar-refractivity contribution is 6.99. The summed E-state index contributed by atoms with van der Waals surface area (Å²) in [4.78, 5) is 12.0. The first-order chi connectivity index (χ1) is 12.2. The number of ether oxygens (including phenoxy) is 1. The van der Waals surface area contributed by atoms with Crippen LogP contribution in [0.4, 0.5) is 0 Å². The summed E-state index contributed by atoms with van der Waals surface area (Å²) in [6, 6.07) is 20.7. The molecular weight excluding hydrogens is 340 g/mol. The van der Waals surface area contributed by atoms with E-state index >= 15 is 0 Å². The Morgan fingerprint density at radius 1 is 0.962 bits per heavy atom. The number of carbonyl (C=O) groups excluding carboxylic acids is 1. The standard InChI is InChI=1S/C22H28O3Si/c1-17(21(23)24-6)18(2)25-26(22(3,4)5,19-13-9-7-10-14-19)20-15-11-8-12-16-20/h7-16,18H,1H2,2-6H3/t18-/m0/s1. The van der Waals surface area contributed by atoms with Crippen molar-refractivity contribution in [3.05, 3.63) is 72.8 Å². The Labute approximate surface area is 157 Å². The quantitative estimate of drug-likeness (QED) is 0.443. The Morgan fingerprint density at radius 2 is 1.38 bits per heavy atom. The zero-order valence-corrected chi connectivity index (χ0v) is 17.3. The molecule has 0 aliphatic rings. The summed E-state index contributed by atoms with van der Waals surface area (Å²) in [5, 5.41) is 2.19. The Bertz CT molecular complexity index is 708. The fourth-order valence-electron chi connectivity index (χ4n) is 3.32. The normalized spacial score (nSPS) is 13.1. The van der Waals surface area contributed by atoms with Crippen molar-refractivity contribution in [1.29, 1.82) is 0 Å². The molecule has 4 heteroatoms. The lowest BCUT2D eigenvalue weighted by Gasteiger charge is -2.44. The van der Waals surface area contributed by atoms with Gasteiger partial charge in [0.25, 0.3) is 8.32 Å². The first-order valence-corrected chi connectivity index (χ1v) is 10.7. The molecule has 0 bridgehead atoms. The monoisotopic (exact) mass is 368 g/mol. The van der Waals surface area contributed by atoms with Gasteiger partial charge in [-0.2, -0.15) is 0 Å². The van der Waals surface area contributed by atoms with E-state index in [0.29, 0.717) is 5.57 Å². The maximum absolute atomic E-state index is 12.0. The molecule has 2 aromatic carbocycles. The van der Waals surface area contributed by atoms with E-state index in [0.717, 1.165) is 0 Å². The second-order valence-corrected chi connectivity index (χ2v) is 11.7. The topological polar surface area (TPSA) is 35.5 Å². The van der Waals surface area contributed by atoms with Gasteiger partial charge in [-0.3, -0.25) is 0 Å². The molecule has 0 aliphatic carbocycles. The number of esters is 1. The fraction of sp³-hybridized carbons (Fsp3) is 0.318. The van der Waals surface area contributed by atoms with Crippen LogP contribution in [-0.4, -0.2) is 27.5 Å². The molecule has 0 radical (unpaired) electrons. The molecule has 0 amide bonds. The molecule has 0 N–H and O–H groups in total. The average molecular weight is 369 g/mol. The van der Waals surface area contributed by atoms with Crippen LogP contribution in [0.2, 0.25) is 5.04 Å². The van der Waals surface area contributed by atoms with Crippen LogP contribution in [0.1, 0.15) is 27.7 Å². The molecule has 0 unspecified atom stereocenters. The van der Waals surface area contributed by atoms with Crippen molar-refractivity contribution in [1.82, 2.24) is 0 Å². The van der Waals surface area contributed by atoms with Gasteiger partial charge in [0.2, 0.25) is 0 Å². The van der Waals surface area contributed by atoms with Crippen LogP contribution < -0.4 is 10.4 Å². The Kier molecular flexibility index (Phi) is 6.21. The average Bonchev–Trinajstić information content (AvgIpc) is 2.65. The van der Waals surface area contributed by atoms with Crippen molar-refractivity contribution >= 4 is 24.7 Å². The Balaban J connectivity index is 2.65. The van der Waals surface area contributed by atoms with Crippen LogP contribution in [0, 0.1) is 0 Å². The van der Waals surface area contributed by atoms with Crippen LogP contribution in [0.15, 0.2) is 72.8 Å². The summed E-state index contributed by atoms with van der Waals surface area (Å²) in [6.07, 6.45) is -0.450. The van der Waals surface area contributed by atoms with E-state index in [4.69, 9.17) is 9.16 Å². The molecular formula is C22H28O3Si. The van der Waals surface area contributed by atoms with Crippen molar-refractivity contribution in [2.75, 3.05) is 7.11 Å². The van der Waals surface area contributed by atoms with Crippen LogP contribution in [0.3, 0.4) is 0 Å². The summed E-state index contributed by atoms with van der Waals surface area (Å²) < 4.78 is 11.6. The van der Waals surface area contributed by atoms with E-state index < -0.39 is 20.4 Å². The van der Waals surface area contributed by atoms with E-state index in [1.165, 1.54) is 17.5 Å². The van der Waals surface area contributed by atoms with E-state index in [1.807, 2.05) is 43.3 Å². The summed E-state index contributed by atoms with van der Waals surface area (Å²) in [5.41, 5.74) is 0.334. The number of rotatable bonds is 6. The number of carbonyl (C=O) groups is 1. The van der Waals surface area contributed by atoms with Crippen molar-refractivity contribution in [3.63, 3.8) is 0 Å². The minimum atomic E-state index is -2.70. The molecule has 26 heavy (non-hydrogen) atoms. The summed E-state index contributed by atoms with van der Waals surface area (Å²) in [7, 11) is -1.34. The van der Waals surface area contributed by atoms with Gasteiger partial charge in [0.1, 0.15) is 0 Å². The summed E-state index contributed by atoms with van der Waals surface area (Å²) in [6.45, 7) is 12.4. The molecule has 0 heterocycles. The van der Waals surface area contributed by atoms with E-state index in [2.05, 4.69) is 51.6 Å². The number of hydrogen-bond donors (Lipinski definition) is 0. The molecule has 0 saturated heterocycles. The highest BCUT2D eigenvalue weighted by Gasteiger charge is 2.51. The van der Waals surface area contributed by atoms with Gasteiger partial charge in [-0.15, -0.1) is 0 Å². The van der Waals surface area contributed by atoms with Gasteiger partial charge in [-0.1, -0.05) is 88.0 Å². The predicted molar refractivity (Wildman–Crippen MR) is 109 cm³/mol. The molecule has 0 aromatic heterocycles. The third-order valence-corrected chi connectivity index (χ3v) is 9.82.